The van der Waals surface area contributed by atoms with Crippen molar-refractivity contribution in [2.75, 3.05) is 5.43 Å². The second-order valence-electron chi connectivity index (χ2n) is 4.69. The van der Waals surface area contributed by atoms with Crippen LogP contribution < -0.4 is 22.3 Å². The SMILES string of the molecule is CC(C)(NC(=O)c1cc(NN)c(F)cc1[N+](=O)[O-])C(N)=O. The molecule has 1 aromatic carbocycles. The van der Waals surface area contributed by atoms with Crippen LogP contribution in [0.2, 0.25) is 0 Å². The molecule has 0 saturated carbocycles. The summed E-state index contributed by atoms with van der Waals surface area (Å²) in [6, 6.07) is 1.43. The number of benzene rings is 1. The molecule has 6 N–H and O–H groups in total. The first-order valence-corrected chi connectivity index (χ1v) is 5.67. The number of hydrogen-bond donors (Lipinski definition) is 4. The van der Waals surface area contributed by atoms with Crippen molar-refractivity contribution < 1.29 is 18.9 Å². The fraction of sp³-hybridized carbons (Fsp3) is 0.273. The first-order chi connectivity index (χ1) is 9.60. The second-order valence-corrected chi connectivity index (χ2v) is 4.69. The van der Waals surface area contributed by atoms with Gasteiger partial charge in [0.1, 0.15) is 11.1 Å². The van der Waals surface area contributed by atoms with Crippen molar-refractivity contribution in [3.05, 3.63) is 33.6 Å². The molecule has 2 amide bonds. The van der Waals surface area contributed by atoms with E-state index in [4.69, 9.17) is 11.6 Å². The molecule has 0 radical (unpaired) electrons. The standard InChI is InChI=1S/C11H14FN5O4/c1-11(2,10(13)19)15-9(18)5-3-7(16-14)6(12)4-8(5)17(20)21/h3-4,16H,14H2,1-2H3,(H2,13,19)(H,15,18). The molecular formula is C11H14FN5O4. The molecule has 0 aliphatic carbocycles. The van der Waals surface area contributed by atoms with E-state index < -0.39 is 39.3 Å². The Hall–Kier alpha value is -2.75. The summed E-state index contributed by atoms with van der Waals surface area (Å²) < 4.78 is 13.5. The highest BCUT2D eigenvalue weighted by molar-refractivity contribution is 6.02. The number of carbonyl (C=O) groups excluding carboxylic acids is 2. The third-order valence-electron chi connectivity index (χ3n) is 2.72. The highest BCUT2D eigenvalue weighted by atomic mass is 19.1. The molecule has 0 bridgehead atoms. The molecule has 0 aromatic heterocycles. The number of carbonyl (C=O) groups is 2. The van der Waals surface area contributed by atoms with Crippen LogP contribution in [0.25, 0.3) is 0 Å². The number of nitrogens with zero attached hydrogens (tertiary/aromatic N) is 1. The maximum atomic E-state index is 13.5. The molecule has 0 aliphatic rings. The molecule has 0 aliphatic heterocycles. The molecule has 21 heavy (non-hydrogen) atoms. The van der Waals surface area contributed by atoms with Crippen LogP contribution >= 0.6 is 0 Å². The highest BCUT2D eigenvalue weighted by Crippen LogP contribution is 2.26. The van der Waals surface area contributed by atoms with Crippen LogP contribution in [0.4, 0.5) is 15.8 Å². The highest BCUT2D eigenvalue weighted by Gasteiger charge is 2.31. The van der Waals surface area contributed by atoms with Crippen molar-refractivity contribution in [1.29, 1.82) is 0 Å². The number of hydrazine groups is 1. The molecule has 0 atom stereocenters. The Morgan fingerprint density at radius 1 is 1.38 bits per heavy atom. The number of primary amides is 1. The van der Waals surface area contributed by atoms with Gasteiger partial charge in [-0.15, -0.1) is 0 Å². The van der Waals surface area contributed by atoms with Crippen LogP contribution in [0.15, 0.2) is 12.1 Å². The molecule has 0 heterocycles. The second kappa shape index (κ2) is 5.71. The van der Waals surface area contributed by atoms with Gasteiger partial charge in [-0.3, -0.25) is 25.5 Å². The number of hydrogen-bond acceptors (Lipinski definition) is 6. The molecular weight excluding hydrogens is 285 g/mol. The van der Waals surface area contributed by atoms with Gasteiger partial charge in [0.2, 0.25) is 5.91 Å². The molecule has 1 rings (SSSR count). The van der Waals surface area contributed by atoms with E-state index >= 15 is 0 Å². The average molecular weight is 299 g/mol. The summed E-state index contributed by atoms with van der Waals surface area (Å²) in [6.07, 6.45) is 0. The molecule has 0 saturated heterocycles. The van der Waals surface area contributed by atoms with Gasteiger partial charge in [-0.2, -0.15) is 0 Å². The smallest absolute Gasteiger partial charge is 0.285 e. The van der Waals surface area contributed by atoms with Gasteiger partial charge >= 0.3 is 0 Å². The summed E-state index contributed by atoms with van der Waals surface area (Å²) in [5, 5.41) is 13.1. The number of anilines is 1. The zero-order valence-corrected chi connectivity index (χ0v) is 11.3. The summed E-state index contributed by atoms with van der Waals surface area (Å²) in [7, 11) is 0. The first kappa shape index (κ1) is 16.3. The van der Waals surface area contributed by atoms with Gasteiger partial charge in [0.05, 0.1) is 16.7 Å². The van der Waals surface area contributed by atoms with Gasteiger partial charge < -0.3 is 16.5 Å². The fourth-order valence-corrected chi connectivity index (χ4v) is 1.42. The number of nitrogens with one attached hydrogen (secondary N) is 2. The maximum Gasteiger partial charge on any atom is 0.285 e. The summed E-state index contributed by atoms with van der Waals surface area (Å²) in [5.74, 6) is 2.27. The van der Waals surface area contributed by atoms with Crippen molar-refractivity contribution in [2.24, 2.45) is 11.6 Å². The largest absolute Gasteiger partial charge is 0.368 e. The minimum absolute atomic E-state index is 0.303. The molecule has 9 nitrogen and oxygen atoms in total. The van der Waals surface area contributed by atoms with Gasteiger partial charge in [-0.25, -0.2) is 4.39 Å². The van der Waals surface area contributed by atoms with Crippen LogP contribution in [0.5, 0.6) is 0 Å². The van der Waals surface area contributed by atoms with Crippen molar-refractivity contribution >= 4 is 23.2 Å². The zero-order chi connectivity index (χ0) is 16.4. The number of nitrogen functional groups attached to an aromatic ring is 1. The lowest BCUT2D eigenvalue weighted by atomic mass is 10.0. The number of amides is 2. The van der Waals surface area contributed by atoms with E-state index in [0.29, 0.717) is 6.07 Å². The minimum Gasteiger partial charge on any atom is -0.368 e. The van der Waals surface area contributed by atoms with Crippen molar-refractivity contribution in [1.82, 2.24) is 5.32 Å². The number of nitro benzene ring substituents is 1. The first-order valence-electron chi connectivity index (χ1n) is 5.67. The molecule has 0 unspecified atom stereocenters. The lowest BCUT2D eigenvalue weighted by molar-refractivity contribution is -0.385. The van der Waals surface area contributed by atoms with Crippen molar-refractivity contribution in [3.63, 3.8) is 0 Å². The monoisotopic (exact) mass is 299 g/mol. The van der Waals surface area contributed by atoms with Crippen LogP contribution in [0.3, 0.4) is 0 Å². The van der Waals surface area contributed by atoms with E-state index in [-0.39, 0.29) is 5.69 Å². The van der Waals surface area contributed by atoms with Crippen LogP contribution in [-0.4, -0.2) is 22.3 Å². The predicted molar refractivity (Wildman–Crippen MR) is 71.6 cm³/mol. The summed E-state index contributed by atoms with van der Waals surface area (Å²) in [4.78, 5) is 33.2. The Labute approximate surface area is 118 Å². The van der Waals surface area contributed by atoms with Crippen LogP contribution in [0.1, 0.15) is 24.2 Å². The summed E-state index contributed by atoms with van der Waals surface area (Å²) >= 11 is 0. The van der Waals surface area contributed by atoms with Crippen LogP contribution in [-0.2, 0) is 4.79 Å². The van der Waals surface area contributed by atoms with Crippen LogP contribution in [0, 0.1) is 15.9 Å². The quantitative estimate of drug-likeness (QED) is 0.341. The Bertz CT molecular complexity index is 617. The number of halogens is 1. The number of nitrogens with two attached hydrogens (primary N) is 2. The van der Waals surface area contributed by atoms with Gasteiger partial charge in [-0.05, 0) is 19.9 Å². The Balaban J connectivity index is 3.31. The summed E-state index contributed by atoms with van der Waals surface area (Å²) in [5.41, 5.74) is 4.11. The lowest BCUT2D eigenvalue weighted by Crippen LogP contribution is -2.53. The van der Waals surface area contributed by atoms with E-state index in [0.717, 1.165) is 6.07 Å². The topological polar surface area (TPSA) is 153 Å². The maximum absolute atomic E-state index is 13.5. The molecule has 114 valence electrons. The van der Waals surface area contributed by atoms with Gasteiger partial charge in [0.15, 0.2) is 5.82 Å². The molecule has 10 heteroatoms. The van der Waals surface area contributed by atoms with Crippen molar-refractivity contribution in [2.45, 2.75) is 19.4 Å². The van der Waals surface area contributed by atoms with Gasteiger partial charge in [0.25, 0.3) is 11.6 Å². The molecule has 1 aromatic rings. The Kier molecular flexibility index (Phi) is 4.43. The average Bonchev–Trinajstić information content (AvgIpc) is 2.37. The Morgan fingerprint density at radius 3 is 2.38 bits per heavy atom. The lowest BCUT2D eigenvalue weighted by Gasteiger charge is -2.22. The predicted octanol–water partition coefficient (Wildman–Crippen LogP) is 0.0132. The van der Waals surface area contributed by atoms with E-state index in [2.05, 4.69) is 5.32 Å². The minimum atomic E-state index is -1.43. The van der Waals surface area contributed by atoms with E-state index in [9.17, 15) is 24.1 Å². The van der Waals surface area contributed by atoms with E-state index in [1.807, 2.05) is 5.43 Å². The van der Waals surface area contributed by atoms with Gasteiger partial charge in [0, 0.05) is 0 Å². The van der Waals surface area contributed by atoms with Gasteiger partial charge in [-0.1, -0.05) is 0 Å². The van der Waals surface area contributed by atoms with E-state index in [1.54, 1.807) is 0 Å². The number of nitro groups is 1. The summed E-state index contributed by atoms with van der Waals surface area (Å²) in [6.45, 7) is 2.65. The van der Waals surface area contributed by atoms with Crippen molar-refractivity contribution in [3.8, 4) is 0 Å². The normalized spacial score (nSPS) is 10.9. The zero-order valence-electron chi connectivity index (χ0n) is 11.3. The molecule has 0 spiro atoms. The Morgan fingerprint density at radius 2 is 1.95 bits per heavy atom. The fourth-order valence-electron chi connectivity index (χ4n) is 1.42. The third kappa shape index (κ3) is 3.42. The van der Waals surface area contributed by atoms with E-state index in [1.165, 1.54) is 13.8 Å². The number of rotatable bonds is 5. The third-order valence-corrected chi connectivity index (χ3v) is 2.72. The molecule has 0 fully saturated rings.